The summed E-state index contributed by atoms with van der Waals surface area (Å²) in [4.78, 5) is 23.0. The third-order valence-electron chi connectivity index (χ3n) is 2.02. The second-order valence-corrected chi connectivity index (χ2v) is 4.86. The van der Waals surface area contributed by atoms with Gasteiger partial charge in [0.15, 0.2) is 10.5 Å². The summed E-state index contributed by atoms with van der Waals surface area (Å²) in [6.07, 6.45) is 0. The van der Waals surface area contributed by atoms with Crippen molar-refractivity contribution < 1.29 is 4.79 Å². The fourth-order valence-electron chi connectivity index (χ4n) is 1.19. The number of thioether (sulfide) groups is 1. The highest BCUT2D eigenvalue weighted by molar-refractivity contribution is 8.13. The van der Waals surface area contributed by atoms with Gasteiger partial charge in [-0.2, -0.15) is 0 Å². The van der Waals surface area contributed by atoms with Crippen LogP contribution < -0.4 is 5.43 Å². The predicted molar refractivity (Wildman–Crippen MR) is 63.3 cm³/mol. The minimum absolute atomic E-state index is 0.0654. The number of carbonyl (C=O) groups excluding carboxylic acids is 1. The van der Waals surface area contributed by atoms with Crippen LogP contribution in [0.5, 0.6) is 0 Å². The van der Waals surface area contributed by atoms with E-state index in [1.165, 1.54) is 13.0 Å². The van der Waals surface area contributed by atoms with Crippen LogP contribution in [0, 0.1) is 0 Å². The summed E-state index contributed by atoms with van der Waals surface area (Å²) in [5, 5.41) is -0.0654. The highest BCUT2D eigenvalue weighted by Gasteiger charge is 2.03. The van der Waals surface area contributed by atoms with E-state index in [-0.39, 0.29) is 10.5 Å². The maximum Gasteiger partial charge on any atom is 0.192 e. The average Bonchev–Trinajstić information content (AvgIpc) is 2.29. The van der Waals surface area contributed by atoms with Crippen LogP contribution in [0.1, 0.15) is 32.3 Å². The van der Waals surface area contributed by atoms with E-state index >= 15 is 0 Å². The molecular formula is C12H14O2S. The Morgan fingerprint density at radius 3 is 2.33 bits per heavy atom. The molecule has 0 N–H and O–H groups in total. The van der Waals surface area contributed by atoms with E-state index in [9.17, 15) is 9.59 Å². The third kappa shape index (κ3) is 3.51. The summed E-state index contributed by atoms with van der Waals surface area (Å²) in [5.74, 6) is 0.381. The minimum atomic E-state index is -0.0953. The number of rotatable bonds is 2. The van der Waals surface area contributed by atoms with Crippen LogP contribution in [-0.2, 0) is 4.79 Å². The standard InChI is InChI=1S/C12H14O2S/c1-8(2)10-4-6-11(14)12(7-5-10)15-9(3)13/h4-8H,1-3H3. The van der Waals surface area contributed by atoms with Crippen molar-refractivity contribution in [1.29, 1.82) is 0 Å². The molecule has 80 valence electrons. The van der Waals surface area contributed by atoms with E-state index in [0.29, 0.717) is 10.8 Å². The number of hydrogen-bond acceptors (Lipinski definition) is 3. The molecule has 0 radical (unpaired) electrons. The van der Waals surface area contributed by atoms with Gasteiger partial charge in [0.25, 0.3) is 0 Å². The highest BCUT2D eigenvalue weighted by atomic mass is 32.2. The van der Waals surface area contributed by atoms with Gasteiger partial charge in [-0.3, -0.25) is 9.59 Å². The molecular weight excluding hydrogens is 208 g/mol. The molecule has 0 saturated carbocycles. The SMILES string of the molecule is CC(=O)Sc1ccc(C(C)C)ccc1=O. The minimum Gasteiger partial charge on any atom is -0.289 e. The lowest BCUT2D eigenvalue weighted by Crippen LogP contribution is -1.98. The first-order valence-electron chi connectivity index (χ1n) is 4.83. The second-order valence-electron chi connectivity index (χ2n) is 3.64. The molecule has 0 heterocycles. The monoisotopic (exact) mass is 222 g/mol. The molecule has 0 atom stereocenters. The quantitative estimate of drug-likeness (QED) is 0.722. The van der Waals surface area contributed by atoms with Gasteiger partial charge in [-0.1, -0.05) is 26.0 Å². The summed E-state index contributed by atoms with van der Waals surface area (Å²) in [6.45, 7) is 5.59. The normalized spacial score (nSPS) is 10.4. The van der Waals surface area contributed by atoms with Crippen molar-refractivity contribution in [3.05, 3.63) is 40.1 Å². The van der Waals surface area contributed by atoms with Crippen LogP contribution in [0.4, 0.5) is 0 Å². The van der Waals surface area contributed by atoms with Gasteiger partial charge in [0.2, 0.25) is 0 Å². The summed E-state index contributed by atoms with van der Waals surface area (Å²) in [5.41, 5.74) is 1.00. The van der Waals surface area contributed by atoms with Gasteiger partial charge < -0.3 is 0 Å². The van der Waals surface area contributed by atoms with Crippen molar-refractivity contribution in [1.82, 2.24) is 0 Å². The Morgan fingerprint density at radius 1 is 1.20 bits per heavy atom. The van der Waals surface area contributed by atoms with Crippen molar-refractivity contribution in [2.75, 3.05) is 0 Å². The van der Waals surface area contributed by atoms with Crippen LogP contribution in [0.3, 0.4) is 0 Å². The maximum absolute atomic E-state index is 11.6. The molecule has 1 aromatic rings. The molecule has 0 saturated heterocycles. The Hall–Kier alpha value is -1.09. The zero-order valence-electron chi connectivity index (χ0n) is 9.11. The first kappa shape index (κ1) is 12.0. The van der Waals surface area contributed by atoms with Crippen LogP contribution in [0.25, 0.3) is 0 Å². The molecule has 1 rings (SSSR count). The zero-order valence-corrected chi connectivity index (χ0v) is 9.93. The number of hydrogen-bond donors (Lipinski definition) is 0. The van der Waals surface area contributed by atoms with Gasteiger partial charge in [0, 0.05) is 6.92 Å². The Kier molecular flexibility index (Phi) is 4.09. The molecule has 0 fully saturated rings. The van der Waals surface area contributed by atoms with Gasteiger partial charge in [0.1, 0.15) is 0 Å². The molecule has 0 aliphatic heterocycles. The van der Waals surface area contributed by atoms with Crippen LogP contribution in [0.15, 0.2) is 34.0 Å². The van der Waals surface area contributed by atoms with Crippen molar-refractivity contribution in [3.8, 4) is 0 Å². The Bertz CT molecular complexity index is 424. The molecule has 0 unspecified atom stereocenters. The van der Waals surface area contributed by atoms with E-state index in [1.807, 2.05) is 12.1 Å². The lowest BCUT2D eigenvalue weighted by Gasteiger charge is -1.99. The molecule has 0 aliphatic carbocycles. The first-order valence-corrected chi connectivity index (χ1v) is 5.65. The number of carbonyl (C=O) groups is 1. The van der Waals surface area contributed by atoms with E-state index in [2.05, 4.69) is 13.8 Å². The predicted octanol–water partition coefficient (Wildman–Crippen LogP) is 2.81. The lowest BCUT2D eigenvalue weighted by atomic mass is 10.1. The Labute approximate surface area is 93.7 Å². The topological polar surface area (TPSA) is 34.1 Å². The van der Waals surface area contributed by atoms with E-state index in [1.54, 1.807) is 6.07 Å². The summed E-state index contributed by atoms with van der Waals surface area (Å²) >= 11 is 0.987. The van der Waals surface area contributed by atoms with Gasteiger partial charge in [-0.05, 0) is 35.4 Å². The molecule has 0 aliphatic rings. The smallest absolute Gasteiger partial charge is 0.192 e. The highest BCUT2D eigenvalue weighted by Crippen LogP contribution is 2.16. The molecule has 2 nitrogen and oxygen atoms in total. The van der Waals surface area contributed by atoms with Crippen molar-refractivity contribution in [3.63, 3.8) is 0 Å². The largest absolute Gasteiger partial charge is 0.289 e. The molecule has 3 heteroatoms. The fourth-order valence-corrected chi connectivity index (χ4v) is 1.80. The molecule has 0 aromatic heterocycles. The summed E-state index contributed by atoms with van der Waals surface area (Å²) in [7, 11) is 0. The second kappa shape index (κ2) is 5.12. The van der Waals surface area contributed by atoms with E-state index in [4.69, 9.17) is 0 Å². The molecule has 0 bridgehead atoms. The van der Waals surface area contributed by atoms with Crippen LogP contribution >= 0.6 is 11.8 Å². The van der Waals surface area contributed by atoms with Gasteiger partial charge in [-0.25, -0.2) is 0 Å². The average molecular weight is 222 g/mol. The summed E-state index contributed by atoms with van der Waals surface area (Å²) in [6, 6.07) is 6.97. The van der Waals surface area contributed by atoms with Crippen LogP contribution in [0.2, 0.25) is 0 Å². The molecule has 0 spiro atoms. The maximum atomic E-state index is 11.6. The van der Waals surface area contributed by atoms with Gasteiger partial charge in [-0.15, -0.1) is 0 Å². The van der Waals surface area contributed by atoms with Gasteiger partial charge in [0.05, 0.1) is 4.90 Å². The first-order chi connectivity index (χ1) is 7.00. The summed E-state index contributed by atoms with van der Waals surface area (Å²) < 4.78 is 0. The van der Waals surface area contributed by atoms with Crippen LogP contribution in [-0.4, -0.2) is 5.12 Å². The fraction of sp³-hybridized carbons (Fsp3) is 0.333. The Morgan fingerprint density at radius 2 is 1.80 bits per heavy atom. The third-order valence-corrected chi connectivity index (χ3v) is 2.86. The zero-order chi connectivity index (χ0) is 11.4. The van der Waals surface area contributed by atoms with Crippen molar-refractivity contribution >= 4 is 16.9 Å². The van der Waals surface area contributed by atoms with Gasteiger partial charge >= 0.3 is 0 Å². The van der Waals surface area contributed by atoms with Crippen molar-refractivity contribution in [2.45, 2.75) is 31.6 Å². The van der Waals surface area contributed by atoms with Crippen molar-refractivity contribution in [2.24, 2.45) is 0 Å². The van der Waals surface area contributed by atoms with E-state index in [0.717, 1.165) is 17.3 Å². The molecule has 0 amide bonds. The molecule has 1 aromatic carbocycles. The van der Waals surface area contributed by atoms with E-state index < -0.39 is 0 Å². The molecule has 15 heavy (non-hydrogen) atoms. The Balaban J connectivity index is 3.16. The lowest BCUT2D eigenvalue weighted by molar-refractivity contribution is -0.109.